The molecule has 1 aromatic rings. The molecular formula is C16H23N3O. The van der Waals surface area contributed by atoms with E-state index in [1.54, 1.807) is 0 Å². The molecule has 108 valence electrons. The average molecular weight is 273 g/mol. The summed E-state index contributed by atoms with van der Waals surface area (Å²) in [4.78, 5) is 16.2. The molecule has 0 radical (unpaired) electrons. The van der Waals surface area contributed by atoms with Crippen molar-refractivity contribution in [3.05, 3.63) is 35.9 Å². The summed E-state index contributed by atoms with van der Waals surface area (Å²) in [6.07, 6.45) is 3.73. The maximum Gasteiger partial charge on any atom is 0.263 e. The Morgan fingerprint density at radius 3 is 2.60 bits per heavy atom. The molecule has 20 heavy (non-hydrogen) atoms. The van der Waals surface area contributed by atoms with Gasteiger partial charge in [0.15, 0.2) is 0 Å². The summed E-state index contributed by atoms with van der Waals surface area (Å²) in [5, 5.41) is 0. The normalized spacial score (nSPS) is 18.4. The Hall–Kier alpha value is -1.84. The fourth-order valence-electron chi connectivity index (χ4n) is 2.33. The van der Waals surface area contributed by atoms with Gasteiger partial charge >= 0.3 is 0 Å². The highest BCUT2D eigenvalue weighted by molar-refractivity contribution is 5.93. The van der Waals surface area contributed by atoms with Crippen molar-refractivity contribution in [3.63, 3.8) is 0 Å². The first kappa shape index (κ1) is 14.6. The number of nitrogens with one attached hydrogen (secondary N) is 2. The lowest BCUT2D eigenvalue weighted by molar-refractivity contribution is -0.123. The number of aryl methyl sites for hydroxylation is 1. The van der Waals surface area contributed by atoms with E-state index in [0.717, 1.165) is 31.5 Å². The van der Waals surface area contributed by atoms with E-state index in [-0.39, 0.29) is 11.9 Å². The topological polar surface area (TPSA) is 53.5 Å². The van der Waals surface area contributed by atoms with E-state index in [0.29, 0.717) is 5.92 Å². The molecule has 1 aromatic carbocycles. The Bertz CT molecular complexity index is 468. The van der Waals surface area contributed by atoms with Crippen LogP contribution in [-0.4, -0.2) is 17.8 Å². The average Bonchev–Trinajstić information content (AvgIpc) is 2.43. The zero-order valence-electron chi connectivity index (χ0n) is 12.2. The highest BCUT2D eigenvalue weighted by Crippen LogP contribution is 2.12. The summed E-state index contributed by atoms with van der Waals surface area (Å²) in [7, 11) is 0. The molecule has 1 aliphatic heterocycles. The first-order chi connectivity index (χ1) is 9.65. The van der Waals surface area contributed by atoms with E-state index >= 15 is 0 Å². The lowest BCUT2D eigenvalue weighted by atomic mass is 10.0. The minimum Gasteiger partial charge on any atom is -0.286 e. The van der Waals surface area contributed by atoms with Gasteiger partial charge < -0.3 is 0 Å². The highest BCUT2D eigenvalue weighted by atomic mass is 16.2. The van der Waals surface area contributed by atoms with Crippen LogP contribution in [-0.2, 0) is 11.2 Å². The van der Waals surface area contributed by atoms with E-state index in [9.17, 15) is 4.79 Å². The molecule has 0 fully saturated rings. The fourth-order valence-corrected chi connectivity index (χ4v) is 2.33. The number of amidine groups is 1. The fraction of sp³-hybridized carbons (Fsp3) is 0.500. The SMILES string of the molecule is CC(C)CC1N=C(CCCc2ccccc2)NNC1=O. The molecule has 2 rings (SSSR count). The number of hydrogen-bond donors (Lipinski definition) is 2. The minimum absolute atomic E-state index is 0.0227. The van der Waals surface area contributed by atoms with Gasteiger partial charge in [-0.15, -0.1) is 0 Å². The van der Waals surface area contributed by atoms with Gasteiger partial charge in [-0.1, -0.05) is 44.2 Å². The first-order valence-electron chi connectivity index (χ1n) is 7.31. The Balaban J connectivity index is 1.84. The summed E-state index contributed by atoms with van der Waals surface area (Å²) in [5.74, 6) is 1.34. The number of hydrazine groups is 1. The van der Waals surface area contributed by atoms with E-state index in [1.165, 1.54) is 5.56 Å². The van der Waals surface area contributed by atoms with Gasteiger partial charge in [-0.25, -0.2) is 0 Å². The monoisotopic (exact) mass is 273 g/mol. The molecule has 0 aromatic heterocycles. The molecule has 0 saturated heterocycles. The third kappa shape index (κ3) is 4.37. The van der Waals surface area contributed by atoms with Crippen LogP contribution in [0.1, 0.15) is 38.7 Å². The van der Waals surface area contributed by atoms with Gasteiger partial charge in [-0.3, -0.25) is 20.6 Å². The molecule has 1 aliphatic rings. The van der Waals surface area contributed by atoms with Crippen LogP contribution < -0.4 is 10.9 Å². The van der Waals surface area contributed by atoms with Crippen molar-refractivity contribution in [2.45, 2.75) is 45.6 Å². The summed E-state index contributed by atoms with van der Waals surface area (Å²) in [6, 6.07) is 10.2. The molecule has 0 spiro atoms. The molecule has 2 N–H and O–H groups in total. The molecule has 4 nitrogen and oxygen atoms in total. The van der Waals surface area contributed by atoms with Crippen LogP contribution in [0.25, 0.3) is 0 Å². The van der Waals surface area contributed by atoms with Crippen molar-refractivity contribution in [2.24, 2.45) is 10.9 Å². The van der Waals surface area contributed by atoms with E-state index in [2.05, 4.69) is 54.0 Å². The van der Waals surface area contributed by atoms with Crippen LogP contribution in [0.4, 0.5) is 0 Å². The van der Waals surface area contributed by atoms with E-state index in [1.807, 2.05) is 6.07 Å². The van der Waals surface area contributed by atoms with Crippen molar-refractivity contribution in [1.82, 2.24) is 10.9 Å². The van der Waals surface area contributed by atoms with Gasteiger partial charge in [0.1, 0.15) is 11.9 Å². The van der Waals surface area contributed by atoms with Crippen molar-refractivity contribution >= 4 is 11.7 Å². The number of carbonyl (C=O) groups is 1. The number of carbonyl (C=O) groups excluding carboxylic acids is 1. The summed E-state index contributed by atoms with van der Waals surface area (Å²) in [6.45, 7) is 4.22. The van der Waals surface area contributed by atoms with Crippen LogP contribution >= 0.6 is 0 Å². The predicted molar refractivity (Wildman–Crippen MR) is 81.3 cm³/mol. The van der Waals surface area contributed by atoms with Crippen LogP contribution in [0.3, 0.4) is 0 Å². The van der Waals surface area contributed by atoms with Gasteiger partial charge in [0.05, 0.1) is 0 Å². The number of amides is 1. The Labute approximate surface area is 120 Å². The smallest absolute Gasteiger partial charge is 0.263 e. The Morgan fingerprint density at radius 1 is 1.15 bits per heavy atom. The second-order valence-corrected chi connectivity index (χ2v) is 5.67. The summed E-state index contributed by atoms with van der Waals surface area (Å²) < 4.78 is 0. The molecule has 1 atom stereocenters. The summed E-state index contributed by atoms with van der Waals surface area (Å²) >= 11 is 0. The molecule has 1 unspecified atom stereocenters. The Kier molecular flexibility index (Phi) is 5.16. The van der Waals surface area contributed by atoms with E-state index < -0.39 is 0 Å². The highest BCUT2D eigenvalue weighted by Gasteiger charge is 2.23. The van der Waals surface area contributed by atoms with Crippen LogP contribution in [0, 0.1) is 5.92 Å². The molecule has 1 heterocycles. The number of rotatable bonds is 6. The van der Waals surface area contributed by atoms with Crippen molar-refractivity contribution < 1.29 is 4.79 Å². The standard InChI is InChI=1S/C16H23N3O/c1-12(2)11-14-16(20)19-18-15(17-14)10-6-9-13-7-4-3-5-8-13/h3-5,7-8,12,14H,6,9-11H2,1-2H3,(H,17,18)(H,19,20). The first-order valence-corrected chi connectivity index (χ1v) is 7.31. The predicted octanol–water partition coefficient (Wildman–Crippen LogP) is 2.46. The maximum atomic E-state index is 11.7. The molecule has 4 heteroatoms. The van der Waals surface area contributed by atoms with E-state index in [4.69, 9.17) is 0 Å². The van der Waals surface area contributed by atoms with Gasteiger partial charge in [-0.05, 0) is 30.7 Å². The number of nitrogens with zero attached hydrogens (tertiary/aromatic N) is 1. The minimum atomic E-state index is -0.233. The second kappa shape index (κ2) is 7.08. The number of hydrogen-bond acceptors (Lipinski definition) is 3. The zero-order chi connectivity index (χ0) is 14.4. The van der Waals surface area contributed by atoms with Crippen molar-refractivity contribution in [1.29, 1.82) is 0 Å². The molecule has 0 saturated carbocycles. The number of benzene rings is 1. The van der Waals surface area contributed by atoms with Crippen LogP contribution in [0.15, 0.2) is 35.3 Å². The molecule has 0 aliphatic carbocycles. The maximum absolute atomic E-state index is 11.7. The lowest BCUT2D eigenvalue weighted by Gasteiger charge is -2.23. The van der Waals surface area contributed by atoms with Crippen molar-refractivity contribution in [2.75, 3.05) is 0 Å². The van der Waals surface area contributed by atoms with Crippen LogP contribution in [0.2, 0.25) is 0 Å². The summed E-state index contributed by atoms with van der Waals surface area (Å²) in [5.41, 5.74) is 6.96. The molecular weight excluding hydrogens is 250 g/mol. The molecule has 1 amide bonds. The van der Waals surface area contributed by atoms with Crippen LogP contribution in [0.5, 0.6) is 0 Å². The van der Waals surface area contributed by atoms with Gasteiger partial charge in [0, 0.05) is 6.42 Å². The van der Waals surface area contributed by atoms with Gasteiger partial charge in [0.25, 0.3) is 5.91 Å². The number of aliphatic imine (C=N–C) groups is 1. The largest absolute Gasteiger partial charge is 0.286 e. The van der Waals surface area contributed by atoms with Crippen molar-refractivity contribution in [3.8, 4) is 0 Å². The quantitative estimate of drug-likeness (QED) is 0.836. The second-order valence-electron chi connectivity index (χ2n) is 5.67. The van der Waals surface area contributed by atoms with Gasteiger partial charge in [-0.2, -0.15) is 0 Å². The van der Waals surface area contributed by atoms with Gasteiger partial charge in [0.2, 0.25) is 0 Å². The third-order valence-corrected chi connectivity index (χ3v) is 3.36. The zero-order valence-corrected chi connectivity index (χ0v) is 12.2. The third-order valence-electron chi connectivity index (χ3n) is 3.36. The Morgan fingerprint density at radius 2 is 1.90 bits per heavy atom. The molecule has 0 bridgehead atoms. The lowest BCUT2D eigenvalue weighted by Crippen LogP contribution is -2.51.